The van der Waals surface area contributed by atoms with E-state index < -0.39 is 5.60 Å². The number of hydrogen-bond donors (Lipinski definition) is 2. The minimum atomic E-state index is -0.741. The molecular weight excluding hydrogens is 274 g/mol. The Balaban J connectivity index is 2.21. The first-order valence-electron chi connectivity index (χ1n) is 7.66. The number of aryl methyl sites for hydroxylation is 2. The molecule has 2 rings (SSSR count). The second kappa shape index (κ2) is 6.46. The number of nitrogens with one attached hydrogen (secondary N) is 1. The topological polar surface area (TPSA) is 50.1 Å². The Labute approximate surface area is 126 Å². The molecule has 2 atom stereocenters. The molecule has 2 N–H and O–H groups in total. The van der Waals surface area contributed by atoms with Gasteiger partial charge in [0.05, 0.1) is 22.0 Å². The van der Waals surface area contributed by atoms with E-state index in [1.807, 2.05) is 11.6 Å². The summed E-state index contributed by atoms with van der Waals surface area (Å²) >= 11 is 6.44. The highest BCUT2D eigenvalue weighted by Gasteiger charge is 2.35. The van der Waals surface area contributed by atoms with Crippen LogP contribution in [0.15, 0.2) is 0 Å². The molecule has 0 bridgehead atoms. The van der Waals surface area contributed by atoms with Gasteiger partial charge in [-0.2, -0.15) is 5.10 Å². The van der Waals surface area contributed by atoms with Crippen molar-refractivity contribution in [1.29, 1.82) is 0 Å². The average molecular weight is 300 g/mol. The lowest BCUT2D eigenvalue weighted by Gasteiger charge is -2.36. The second-order valence-electron chi connectivity index (χ2n) is 5.95. The maximum Gasteiger partial charge on any atom is 0.0850 e. The summed E-state index contributed by atoms with van der Waals surface area (Å²) in [5.41, 5.74) is 1.16. The van der Waals surface area contributed by atoms with Crippen molar-refractivity contribution in [3.05, 3.63) is 16.4 Å². The molecule has 2 unspecified atom stereocenters. The molecule has 0 spiro atoms. The van der Waals surface area contributed by atoms with Gasteiger partial charge in [0.15, 0.2) is 0 Å². The lowest BCUT2D eigenvalue weighted by Crippen LogP contribution is -2.46. The van der Waals surface area contributed by atoms with Crippen molar-refractivity contribution in [2.75, 3.05) is 13.1 Å². The molecule has 4 nitrogen and oxygen atoms in total. The van der Waals surface area contributed by atoms with Crippen molar-refractivity contribution in [2.45, 2.75) is 58.6 Å². The first-order chi connectivity index (χ1) is 9.49. The summed E-state index contributed by atoms with van der Waals surface area (Å²) in [4.78, 5) is 0. The number of nitrogens with zero attached hydrogens (tertiary/aromatic N) is 2. The zero-order valence-electron chi connectivity index (χ0n) is 12.7. The van der Waals surface area contributed by atoms with Crippen LogP contribution < -0.4 is 5.32 Å². The van der Waals surface area contributed by atoms with E-state index in [1.165, 1.54) is 0 Å². The zero-order valence-corrected chi connectivity index (χ0v) is 13.5. The zero-order chi connectivity index (χ0) is 14.8. The van der Waals surface area contributed by atoms with E-state index >= 15 is 0 Å². The van der Waals surface area contributed by atoms with E-state index in [0.29, 0.717) is 6.42 Å². The van der Waals surface area contributed by atoms with Gasteiger partial charge in [-0.3, -0.25) is 4.68 Å². The largest absolute Gasteiger partial charge is 0.389 e. The summed E-state index contributed by atoms with van der Waals surface area (Å²) in [7, 11) is 0. The van der Waals surface area contributed by atoms with Crippen LogP contribution in [-0.2, 0) is 19.4 Å². The van der Waals surface area contributed by atoms with Gasteiger partial charge in [-0.15, -0.1) is 0 Å². The Hall–Kier alpha value is -0.580. The summed E-state index contributed by atoms with van der Waals surface area (Å²) in [5.74, 6) is 0.276. The molecule has 0 amide bonds. The van der Waals surface area contributed by atoms with Crippen LogP contribution in [0.5, 0.6) is 0 Å². The molecule has 0 radical (unpaired) electrons. The van der Waals surface area contributed by atoms with E-state index in [4.69, 9.17) is 11.6 Å². The van der Waals surface area contributed by atoms with E-state index in [0.717, 1.165) is 55.3 Å². The quantitative estimate of drug-likeness (QED) is 0.878. The summed E-state index contributed by atoms with van der Waals surface area (Å²) in [5, 5.41) is 19.5. The predicted octanol–water partition coefficient (Wildman–Crippen LogP) is 2.41. The van der Waals surface area contributed by atoms with Crippen LogP contribution in [0.4, 0.5) is 0 Å². The fourth-order valence-electron chi connectivity index (χ4n) is 3.05. The molecule has 1 aliphatic heterocycles. The summed E-state index contributed by atoms with van der Waals surface area (Å²) < 4.78 is 1.94. The number of rotatable bonds is 5. The van der Waals surface area contributed by atoms with Gasteiger partial charge in [-0.05, 0) is 39.7 Å². The highest BCUT2D eigenvalue weighted by molar-refractivity contribution is 6.31. The molecule has 0 aliphatic carbocycles. The molecule has 5 heteroatoms. The standard InChI is InChI=1S/C15H26ClN3O/c1-4-12-14(16)13(19(5-2)18-12)9-15(3,20)11-7-6-8-17-10-11/h11,17,20H,4-10H2,1-3H3. The average Bonchev–Trinajstić information content (AvgIpc) is 2.76. The van der Waals surface area contributed by atoms with Crippen LogP contribution in [0.2, 0.25) is 5.02 Å². The van der Waals surface area contributed by atoms with Crippen molar-refractivity contribution in [3.8, 4) is 0 Å². The minimum absolute atomic E-state index is 0.276. The van der Waals surface area contributed by atoms with Crippen molar-refractivity contribution >= 4 is 11.6 Å². The summed E-state index contributed by atoms with van der Waals surface area (Å²) in [6, 6.07) is 0. The molecule has 0 saturated carbocycles. The second-order valence-corrected chi connectivity index (χ2v) is 6.33. The third-order valence-electron chi connectivity index (χ3n) is 4.40. The highest BCUT2D eigenvalue weighted by Crippen LogP contribution is 2.31. The van der Waals surface area contributed by atoms with Crippen molar-refractivity contribution in [3.63, 3.8) is 0 Å². The summed E-state index contributed by atoms with van der Waals surface area (Å²) in [6.07, 6.45) is 3.59. The Kier molecular flexibility index (Phi) is 5.10. The van der Waals surface area contributed by atoms with Gasteiger partial charge >= 0.3 is 0 Å². The number of aromatic nitrogens is 2. The fraction of sp³-hybridized carbons (Fsp3) is 0.800. The van der Waals surface area contributed by atoms with Gasteiger partial charge in [0.2, 0.25) is 0 Å². The van der Waals surface area contributed by atoms with Crippen molar-refractivity contribution in [2.24, 2.45) is 5.92 Å². The molecule has 1 fully saturated rings. The Morgan fingerprint density at radius 2 is 2.25 bits per heavy atom. The van der Waals surface area contributed by atoms with Gasteiger partial charge in [-0.25, -0.2) is 0 Å². The van der Waals surface area contributed by atoms with Gasteiger partial charge in [0, 0.05) is 25.4 Å². The summed E-state index contributed by atoms with van der Waals surface area (Å²) in [6.45, 7) is 8.77. The van der Waals surface area contributed by atoms with Crippen LogP contribution in [0.3, 0.4) is 0 Å². The third kappa shape index (κ3) is 3.18. The normalized spacial score (nSPS) is 22.8. The highest BCUT2D eigenvalue weighted by atomic mass is 35.5. The Bertz CT molecular complexity index is 450. The molecule has 1 aromatic rings. The van der Waals surface area contributed by atoms with Crippen LogP contribution >= 0.6 is 11.6 Å². The molecular formula is C15H26ClN3O. The van der Waals surface area contributed by atoms with E-state index in [-0.39, 0.29) is 5.92 Å². The fourth-order valence-corrected chi connectivity index (χ4v) is 3.39. The van der Waals surface area contributed by atoms with Crippen molar-refractivity contribution < 1.29 is 5.11 Å². The van der Waals surface area contributed by atoms with Gasteiger partial charge < -0.3 is 10.4 Å². The van der Waals surface area contributed by atoms with E-state index in [9.17, 15) is 5.11 Å². The SMILES string of the molecule is CCc1nn(CC)c(CC(C)(O)C2CCCNC2)c1Cl. The van der Waals surface area contributed by atoms with Gasteiger partial charge in [0.1, 0.15) is 0 Å². The smallest absolute Gasteiger partial charge is 0.0850 e. The molecule has 2 heterocycles. The number of piperidine rings is 1. The van der Waals surface area contributed by atoms with Crippen molar-refractivity contribution in [1.82, 2.24) is 15.1 Å². The molecule has 1 saturated heterocycles. The van der Waals surface area contributed by atoms with Crippen LogP contribution in [0.1, 0.15) is 45.0 Å². The van der Waals surface area contributed by atoms with E-state index in [1.54, 1.807) is 0 Å². The third-order valence-corrected chi connectivity index (χ3v) is 4.83. The first kappa shape index (κ1) is 15.8. The lowest BCUT2D eigenvalue weighted by atomic mass is 9.80. The van der Waals surface area contributed by atoms with Crippen LogP contribution in [0.25, 0.3) is 0 Å². The molecule has 20 heavy (non-hydrogen) atoms. The first-order valence-corrected chi connectivity index (χ1v) is 8.04. The maximum absolute atomic E-state index is 10.9. The van der Waals surface area contributed by atoms with E-state index in [2.05, 4.69) is 24.3 Å². The number of hydrogen-bond acceptors (Lipinski definition) is 3. The maximum atomic E-state index is 10.9. The van der Waals surface area contributed by atoms with Gasteiger partial charge in [0.25, 0.3) is 0 Å². The molecule has 1 aromatic heterocycles. The van der Waals surface area contributed by atoms with Crippen LogP contribution in [0, 0.1) is 5.92 Å². The Morgan fingerprint density at radius 3 is 2.80 bits per heavy atom. The van der Waals surface area contributed by atoms with Gasteiger partial charge in [-0.1, -0.05) is 18.5 Å². The number of aliphatic hydroxyl groups is 1. The molecule has 0 aromatic carbocycles. The monoisotopic (exact) mass is 299 g/mol. The molecule has 114 valence electrons. The Morgan fingerprint density at radius 1 is 1.50 bits per heavy atom. The lowest BCUT2D eigenvalue weighted by molar-refractivity contribution is -0.0117. The van der Waals surface area contributed by atoms with Crippen LogP contribution in [-0.4, -0.2) is 33.6 Å². The molecule has 1 aliphatic rings. The minimum Gasteiger partial charge on any atom is -0.389 e. The number of halogens is 1. The predicted molar refractivity (Wildman–Crippen MR) is 82.2 cm³/mol.